The number of hydrogen-bond donors (Lipinski definition) is 1. The Morgan fingerprint density at radius 1 is 1.07 bits per heavy atom. The Morgan fingerprint density at radius 3 is 2.63 bits per heavy atom. The van der Waals surface area contributed by atoms with E-state index < -0.39 is 0 Å². The summed E-state index contributed by atoms with van der Waals surface area (Å²) in [6.45, 7) is 0.297. The molecule has 1 heterocycles. The monoisotopic (exact) mass is 402 g/mol. The summed E-state index contributed by atoms with van der Waals surface area (Å²) in [7, 11) is 1.61. The van der Waals surface area contributed by atoms with Gasteiger partial charge in [0.1, 0.15) is 6.61 Å². The Morgan fingerprint density at radius 2 is 1.93 bits per heavy atom. The first-order chi connectivity index (χ1) is 13.1. The molecule has 0 bridgehead atoms. The first kappa shape index (κ1) is 19.5. The van der Waals surface area contributed by atoms with Crippen LogP contribution in [0, 0.1) is 0 Å². The van der Waals surface area contributed by atoms with Crippen LogP contribution in [0.4, 0.5) is 0 Å². The third kappa shape index (κ3) is 4.92. The van der Waals surface area contributed by atoms with E-state index in [4.69, 9.17) is 38.4 Å². The second-order valence-electron chi connectivity index (χ2n) is 6.07. The molecule has 3 aromatic rings. The van der Waals surface area contributed by atoms with E-state index in [-0.39, 0.29) is 6.04 Å². The lowest BCUT2D eigenvalue weighted by molar-refractivity contribution is 0.281. The maximum Gasteiger partial charge on any atom is 0.164 e. The van der Waals surface area contributed by atoms with Gasteiger partial charge in [-0.05, 0) is 41.8 Å². The minimum absolute atomic E-state index is 0.202. The highest BCUT2D eigenvalue weighted by Crippen LogP contribution is 2.34. The molecule has 2 N–H and O–H groups in total. The molecule has 4 nitrogen and oxygen atoms in total. The number of pyridine rings is 1. The number of rotatable bonds is 7. The van der Waals surface area contributed by atoms with Gasteiger partial charge in [0.05, 0.1) is 7.11 Å². The number of benzene rings is 2. The van der Waals surface area contributed by atoms with E-state index in [0.717, 1.165) is 16.7 Å². The van der Waals surface area contributed by atoms with Gasteiger partial charge in [0.15, 0.2) is 11.5 Å². The quantitative estimate of drug-likeness (QED) is 0.588. The zero-order chi connectivity index (χ0) is 19.2. The van der Waals surface area contributed by atoms with Crippen LogP contribution in [0.3, 0.4) is 0 Å². The summed E-state index contributed by atoms with van der Waals surface area (Å²) in [6.07, 6.45) is 4.09. The molecule has 0 aliphatic carbocycles. The van der Waals surface area contributed by atoms with Crippen LogP contribution in [0.15, 0.2) is 60.9 Å². The molecule has 6 heteroatoms. The van der Waals surface area contributed by atoms with Crippen molar-refractivity contribution in [3.63, 3.8) is 0 Å². The van der Waals surface area contributed by atoms with E-state index in [1.165, 1.54) is 0 Å². The van der Waals surface area contributed by atoms with Gasteiger partial charge in [-0.2, -0.15) is 0 Å². The van der Waals surface area contributed by atoms with Crippen molar-refractivity contribution >= 4 is 23.2 Å². The smallest absolute Gasteiger partial charge is 0.164 e. The number of ether oxygens (including phenoxy) is 2. The summed E-state index contributed by atoms with van der Waals surface area (Å²) < 4.78 is 11.6. The average Bonchev–Trinajstić information content (AvgIpc) is 2.68. The van der Waals surface area contributed by atoms with Gasteiger partial charge in [-0.1, -0.05) is 47.5 Å². The summed E-state index contributed by atoms with van der Waals surface area (Å²) in [5.41, 5.74) is 9.12. The second kappa shape index (κ2) is 9.09. The van der Waals surface area contributed by atoms with Gasteiger partial charge in [0.2, 0.25) is 0 Å². The van der Waals surface area contributed by atoms with Crippen LogP contribution in [0.5, 0.6) is 11.5 Å². The third-order valence-electron chi connectivity index (χ3n) is 4.22. The van der Waals surface area contributed by atoms with Crippen molar-refractivity contribution in [3.05, 3.63) is 87.7 Å². The van der Waals surface area contributed by atoms with Gasteiger partial charge in [-0.3, -0.25) is 4.98 Å². The molecule has 0 aliphatic rings. The second-order valence-corrected chi connectivity index (χ2v) is 6.91. The average molecular weight is 403 g/mol. The Balaban J connectivity index is 1.83. The number of nitrogens with zero attached hydrogens (tertiary/aromatic N) is 1. The predicted molar refractivity (Wildman–Crippen MR) is 109 cm³/mol. The molecule has 27 heavy (non-hydrogen) atoms. The molecule has 1 aromatic heterocycles. The number of para-hydroxylation sites is 1. The van der Waals surface area contributed by atoms with Gasteiger partial charge < -0.3 is 15.2 Å². The Labute approximate surface area is 168 Å². The van der Waals surface area contributed by atoms with Gasteiger partial charge in [0, 0.05) is 34.0 Å². The van der Waals surface area contributed by atoms with E-state index in [2.05, 4.69) is 4.98 Å². The lowest BCUT2D eigenvalue weighted by Crippen LogP contribution is -2.14. The van der Waals surface area contributed by atoms with Gasteiger partial charge in [-0.15, -0.1) is 0 Å². The molecule has 0 saturated heterocycles. The minimum atomic E-state index is -0.202. The molecule has 3 rings (SSSR count). The summed E-state index contributed by atoms with van der Waals surface area (Å²) in [5.74, 6) is 1.31. The van der Waals surface area contributed by atoms with Crippen LogP contribution >= 0.6 is 23.2 Å². The lowest BCUT2D eigenvalue weighted by Gasteiger charge is -2.18. The predicted octanol–water partition coefficient (Wildman–Crippen LogP) is 5.22. The number of methoxy groups -OCH3 is 1. The lowest BCUT2D eigenvalue weighted by atomic mass is 10.00. The largest absolute Gasteiger partial charge is 0.493 e. The van der Waals surface area contributed by atoms with Crippen molar-refractivity contribution in [2.24, 2.45) is 5.73 Å². The highest BCUT2D eigenvalue weighted by Gasteiger charge is 2.16. The summed E-state index contributed by atoms with van der Waals surface area (Å²) >= 11 is 12.2. The van der Waals surface area contributed by atoms with Crippen LogP contribution in [0.2, 0.25) is 10.0 Å². The van der Waals surface area contributed by atoms with Crippen LogP contribution < -0.4 is 15.2 Å². The summed E-state index contributed by atoms with van der Waals surface area (Å²) in [6, 6.07) is 14.7. The fourth-order valence-corrected chi connectivity index (χ4v) is 3.25. The first-order valence-electron chi connectivity index (χ1n) is 8.46. The number of halogens is 2. The normalized spacial score (nSPS) is 11.9. The van der Waals surface area contributed by atoms with E-state index in [1.807, 2.05) is 36.4 Å². The van der Waals surface area contributed by atoms with Gasteiger partial charge >= 0.3 is 0 Å². The van der Waals surface area contributed by atoms with E-state index in [0.29, 0.717) is 34.6 Å². The molecule has 0 amide bonds. The van der Waals surface area contributed by atoms with Crippen LogP contribution in [-0.4, -0.2) is 12.1 Å². The minimum Gasteiger partial charge on any atom is -0.493 e. The van der Waals surface area contributed by atoms with Crippen molar-refractivity contribution < 1.29 is 9.47 Å². The molecule has 0 saturated carbocycles. The molecule has 0 spiro atoms. The molecule has 0 radical (unpaired) electrons. The van der Waals surface area contributed by atoms with Crippen molar-refractivity contribution in [3.8, 4) is 11.5 Å². The molecule has 140 valence electrons. The highest BCUT2D eigenvalue weighted by molar-refractivity contribution is 6.35. The maximum atomic E-state index is 6.36. The zero-order valence-electron chi connectivity index (χ0n) is 14.9. The fraction of sp³-hybridized carbons (Fsp3) is 0.190. The number of aromatic nitrogens is 1. The molecule has 1 unspecified atom stereocenters. The Bertz CT molecular complexity index is 904. The first-order valence-corrected chi connectivity index (χ1v) is 9.22. The fourth-order valence-electron chi connectivity index (χ4n) is 2.79. The van der Waals surface area contributed by atoms with E-state index in [9.17, 15) is 0 Å². The molecule has 0 aliphatic heterocycles. The highest BCUT2D eigenvalue weighted by atomic mass is 35.5. The molecular weight excluding hydrogens is 383 g/mol. The van der Waals surface area contributed by atoms with Gasteiger partial charge in [-0.25, -0.2) is 0 Å². The summed E-state index contributed by atoms with van der Waals surface area (Å²) in [5, 5.41) is 1.15. The Hall–Kier alpha value is -2.27. The molecular formula is C21H20Cl2N2O2. The van der Waals surface area contributed by atoms with Crippen LogP contribution in [-0.2, 0) is 13.0 Å². The Kier molecular flexibility index (Phi) is 6.56. The molecule has 2 aromatic carbocycles. The molecule has 0 fully saturated rings. The van der Waals surface area contributed by atoms with Crippen molar-refractivity contribution in [1.82, 2.24) is 4.98 Å². The van der Waals surface area contributed by atoms with Crippen LogP contribution in [0.1, 0.15) is 22.7 Å². The SMILES string of the molecule is COc1cccc(CC(N)c2cccnc2)c1OCc1ccc(Cl)cc1Cl. The number of nitrogens with two attached hydrogens (primary N) is 1. The van der Waals surface area contributed by atoms with E-state index in [1.54, 1.807) is 31.6 Å². The summed E-state index contributed by atoms with van der Waals surface area (Å²) in [4.78, 5) is 4.13. The number of hydrogen-bond acceptors (Lipinski definition) is 4. The standard InChI is InChI=1S/C21H20Cl2N2O2/c1-26-20-6-2-4-14(10-19(24)15-5-3-9-25-12-15)21(20)27-13-16-7-8-17(22)11-18(16)23/h2-9,11-12,19H,10,13,24H2,1H3. The van der Waals surface area contributed by atoms with Crippen molar-refractivity contribution in [2.75, 3.05) is 7.11 Å². The topological polar surface area (TPSA) is 57.4 Å². The third-order valence-corrected chi connectivity index (χ3v) is 4.81. The zero-order valence-corrected chi connectivity index (χ0v) is 16.4. The molecule has 1 atom stereocenters. The van der Waals surface area contributed by atoms with Gasteiger partial charge in [0.25, 0.3) is 0 Å². The maximum absolute atomic E-state index is 6.36. The van der Waals surface area contributed by atoms with Crippen molar-refractivity contribution in [1.29, 1.82) is 0 Å². The van der Waals surface area contributed by atoms with Crippen LogP contribution in [0.25, 0.3) is 0 Å². The van der Waals surface area contributed by atoms with E-state index >= 15 is 0 Å². The van der Waals surface area contributed by atoms with Crippen molar-refractivity contribution in [2.45, 2.75) is 19.1 Å².